The molecular weight excluding hydrogens is 234 g/mol. The van der Waals surface area contributed by atoms with E-state index < -0.39 is 17.7 Å². The summed E-state index contributed by atoms with van der Waals surface area (Å²) in [4.78, 5) is 22.4. The van der Waals surface area contributed by atoms with Crippen molar-refractivity contribution in [2.24, 2.45) is 11.8 Å². The molecule has 5 heteroatoms. The standard InChI is InChI=1S/C13H23NO4/c1-13(2,3)18-12(17)14-8-9-5-4-6-10(7-9)11(15)16/h9-10H,4-8H2,1-3H3,(H,14,17)(H,15,16)/t9-,10-/m0/s1. The smallest absolute Gasteiger partial charge is 0.407 e. The molecule has 1 aliphatic rings. The highest BCUT2D eigenvalue weighted by molar-refractivity contribution is 5.70. The van der Waals surface area contributed by atoms with Crippen LogP contribution in [0.5, 0.6) is 0 Å². The number of carbonyl (C=O) groups is 2. The number of carbonyl (C=O) groups excluding carboxylic acids is 1. The summed E-state index contributed by atoms with van der Waals surface area (Å²) in [6.45, 7) is 5.94. The van der Waals surface area contributed by atoms with Crippen molar-refractivity contribution in [2.45, 2.75) is 52.1 Å². The first-order valence-electron chi connectivity index (χ1n) is 6.47. The fraction of sp³-hybridized carbons (Fsp3) is 0.846. The van der Waals surface area contributed by atoms with Gasteiger partial charge < -0.3 is 15.2 Å². The summed E-state index contributed by atoms with van der Waals surface area (Å²) in [5.74, 6) is -0.742. The molecule has 0 heterocycles. The van der Waals surface area contributed by atoms with Crippen molar-refractivity contribution < 1.29 is 19.4 Å². The third-order valence-corrected chi connectivity index (χ3v) is 3.07. The molecule has 0 aromatic rings. The van der Waals surface area contributed by atoms with E-state index in [4.69, 9.17) is 9.84 Å². The summed E-state index contributed by atoms with van der Waals surface area (Å²) in [6.07, 6.45) is 2.85. The fourth-order valence-corrected chi connectivity index (χ4v) is 2.24. The van der Waals surface area contributed by atoms with Crippen LogP contribution in [0.4, 0.5) is 4.79 Å². The Kier molecular flexibility index (Phi) is 4.99. The molecule has 0 aromatic heterocycles. The lowest BCUT2D eigenvalue weighted by atomic mass is 9.81. The average Bonchev–Trinajstić information content (AvgIpc) is 2.24. The van der Waals surface area contributed by atoms with Gasteiger partial charge in [0.1, 0.15) is 5.60 Å². The molecule has 1 rings (SSSR count). The maximum atomic E-state index is 11.5. The molecule has 0 saturated heterocycles. The Bertz CT molecular complexity index is 309. The zero-order valence-corrected chi connectivity index (χ0v) is 11.4. The van der Waals surface area contributed by atoms with Crippen molar-refractivity contribution in [2.75, 3.05) is 6.54 Å². The minimum atomic E-state index is -0.725. The zero-order valence-electron chi connectivity index (χ0n) is 11.4. The molecule has 18 heavy (non-hydrogen) atoms. The van der Waals surface area contributed by atoms with Crippen molar-refractivity contribution in [1.29, 1.82) is 0 Å². The molecule has 0 spiro atoms. The quantitative estimate of drug-likeness (QED) is 0.814. The van der Waals surface area contributed by atoms with Crippen LogP contribution in [-0.2, 0) is 9.53 Å². The number of hydrogen-bond donors (Lipinski definition) is 2. The molecule has 0 bridgehead atoms. The monoisotopic (exact) mass is 257 g/mol. The molecular formula is C13H23NO4. The second-order valence-electron chi connectivity index (χ2n) is 5.95. The van der Waals surface area contributed by atoms with Gasteiger partial charge in [0.15, 0.2) is 0 Å². The Labute approximate surface area is 108 Å². The van der Waals surface area contributed by atoms with Crippen molar-refractivity contribution in [1.82, 2.24) is 5.32 Å². The van der Waals surface area contributed by atoms with Gasteiger partial charge in [-0.15, -0.1) is 0 Å². The molecule has 2 atom stereocenters. The number of alkyl carbamates (subject to hydrolysis) is 1. The predicted octanol–water partition coefficient (Wildman–Crippen LogP) is 2.40. The molecule has 104 valence electrons. The van der Waals surface area contributed by atoms with E-state index in [2.05, 4.69) is 5.32 Å². The molecule has 5 nitrogen and oxygen atoms in total. The summed E-state index contributed by atoms with van der Waals surface area (Å²) in [5.41, 5.74) is -0.500. The Hall–Kier alpha value is -1.26. The third kappa shape index (κ3) is 5.38. The maximum Gasteiger partial charge on any atom is 0.407 e. The van der Waals surface area contributed by atoms with Crippen molar-refractivity contribution in [3.05, 3.63) is 0 Å². The lowest BCUT2D eigenvalue weighted by molar-refractivity contribution is -0.143. The van der Waals surface area contributed by atoms with Crippen molar-refractivity contribution in [3.8, 4) is 0 Å². The van der Waals surface area contributed by atoms with Gasteiger partial charge in [0.25, 0.3) is 0 Å². The Morgan fingerprint density at radius 2 is 2.00 bits per heavy atom. The number of carboxylic acid groups (broad SMARTS) is 1. The molecule has 1 fully saturated rings. The Morgan fingerprint density at radius 1 is 1.33 bits per heavy atom. The number of amides is 1. The first-order chi connectivity index (χ1) is 8.28. The van der Waals surface area contributed by atoms with Gasteiger partial charge in [-0.1, -0.05) is 6.42 Å². The minimum Gasteiger partial charge on any atom is -0.481 e. The van der Waals surface area contributed by atoms with Crippen molar-refractivity contribution >= 4 is 12.1 Å². The van der Waals surface area contributed by atoms with E-state index in [-0.39, 0.29) is 11.8 Å². The third-order valence-electron chi connectivity index (χ3n) is 3.07. The fourth-order valence-electron chi connectivity index (χ4n) is 2.24. The minimum absolute atomic E-state index is 0.243. The maximum absolute atomic E-state index is 11.5. The molecule has 2 N–H and O–H groups in total. The van der Waals surface area contributed by atoms with Crippen molar-refractivity contribution in [3.63, 3.8) is 0 Å². The van der Waals surface area contributed by atoms with Crippen LogP contribution in [0, 0.1) is 11.8 Å². The van der Waals surface area contributed by atoms with Gasteiger partial charge >= 0.3 is 12.1 Å². The molecule has 0 aliphatic heterocycles. The van der Waals surface area contributed by atoms with Crippen LogP contribution in [0.1, 0.15) is 46.5 Å². The number of nitrogens with one attached hydrogen (secondary N) is 1. The zero-order chi connectivity index (χ0) is 13.8. The summed E-state index contributed by atoms with van der Waals surface area (Å²) in [5, 5.41) is 11.7. The highest BCUT2D eigenvalue weighted by atomic mass is 16.6. The van der Waals surface area contributed by atoms with Crippen LogP contribution in [-0.4, -0.2) is 29.3 Å². The number of aliphatic carboxylic acids is 1. The predicted molar refractivity (Wildman–Crippen MR) is 67.3 cm³/mol. The van der Waals surface area contributed by atoms with Crippen LogP contribution >= 0.6 is 0 Å². The van der Waals surface area contributed by atoms with Gasteiger partial charge in [0.05, 0.1) is 5.92 Å². The second-order valence-corrected chi connectivity index (χ2v) is 5.95. The molecule has 1 saturated carbocycles. The molecule has 1 amide bonds. The first kappa shape index (κ1) is 14.8. The average molecular weight is 257 g/mol. The highest BCUT2D eigenvalue weighted by Gasteiger charge is 2.27. The molecule has 0 unspecified atom stereocenters. The van der Waals surface area contributed by atoms with E-state index in [0.29, 0.717) is 13.0 Å². The van der Waals surface area contributed by atoms with Gasteiger partial charge in [0.2, 0.25) is 0 Å². The normalized spacial score (nSPS) is 24.4. The summed E-state index contributed by atoms with van der Waals surface area (Å²) in [7, 11) is 0. The Morgan fingerprint density at radius 3 is 2.56 bits per heavy atom. The number of rotatable bonds is 3. The van der Waals surface area contributed by atoms with Crippen LogP contribution < -0.4 is 5.32 Å². The highest BCUT2D eigenvalue weighted by Crippen LogP contribution is 2.28. The van der Waals surface area contributed by atoms with Crippen LogP contribution in [0.15, 0.2) is 0 Å². The summed E-state index contributed by atoms with van der Waals surface area (Å²) >= 11 is 0. The van der Waals surface area contributed by atoms with Gasteiger partial charge in [-0.2, -0.15) is 0 Å². The van der Waals surface area contributed by atoms with E-state index in [1.807, 2.05) is 20.8 Å². The van der Waals surface area contributed by atoms with E-state index in [1.165, 1.54) is 0 Å². The Balaban J connectivity index is 2.31. The van der Waals surface area contributed by atoms with Gasteiger partial charge in [-0.25, -0.2) is 4.79 Å². The first-order valence-corrected chi connectivity index (χ1v) is 6.47. The summed E-state index contributed by atoms with van der Waals surface area (Å²) in [6, 6.07) is 0. The van der Waals surface area contributed by atoms with E-state index in [9.17, 15) is 9.59 Å². The second kappa shape index (κ2) is 6.07. The SMILES string of the molecule is CC(C)(C)OC(=O)NC[C@H]1CCC[C@H](C(=O)O)C1. The molecule has 1 aliphatic carbocycles. The molecule has 0 aromatic carbocycles. The topological polar surface area (TPSA) is 75.6 Å². The number of carboxylic acids is 1. The molecule has 0 radical (unpaired) electrons. The van der Waals surface area contributed by atoms with Crippen LogP contribution in [0.2, 0.25) is 0 Å². The number of hydrogen-bond acceptors (Lipinski definition) is 3. The van der Waals surface area contributed by atoms with E-state index in [0.717, 1.165) is 19.3 Å². The lowest BCUT2D eigenvalue weighted by Gasteiger charge is -2.27. The van der Waals surface area contributed by atoms with Gasteiger partial charge in [-0.05, 0) is 46.0 Å². The van der Waals surface area contributed by atoms with E-state index >= 15 is 0 Å². The van der Waals surface area contributed by atoms with E-state index in [1.54, 1.807) is 0 Å². The van der Waals surface area contributed by atoms with Crippen LogP contribution in [0.3, 0.4) is 0 Å². The largest absolute Gasteiger partial charge is 0.481 e. The van der Waals surface area contributed by atoms with Gasteiger partial charge in [0, 0.05) is 6.54 Å². The summed E-state index contributed by atoms with van der Waals surface area (Å²) < 4.78 is 5.14. The lowest BCUT2D eigenvalue weighted by Crippen LogP contribution is -2.37. The number of ether oxygens (including phenoxy) is 1. The van der Waals surface area contributed by atoms with Crippen LogP contribution in [0.25, 0.3) is 0 Å². The van der Waals surface area contributed by atoms with Gasteiger partial charge in [-0.3, -0.25) is 4.79 Å².